The number of benzene rings is 1. The minimum absolute atomic E-state index is 0.249. The van der Waals surface area contributed by atoms with Gasteiger partial charge in [-0.05, 0) is 36.8 Å². The number of aromatic nitrogens is 3. The first-order chi connectivity index (χ1) is 11.4. The van der Waals surface area contributed by atoms with Gasteiger partial charge in [-0.2, -0.15) is 13.2 Å². The Bertz CT molecular complexity index is 894. The smallest absolute Gasteiger partial charge is 0.294 e. The molecular weight excluding hydrogens is 319 g/mol. The van der Waals surface area contributed by atoms with Crippen LogP contribution in [0.2, 0.25) is 0 Å². The first-order valence-corrected chi connectivity index (χ1v) is 7.24. The van der Waals surface area contributed by atoms with E-state index in [9.17, 15) is 18.0 Å². The van der Waals surface area contributed by atoms with Gasteiger partial charge < -0.3 is 0 Å². The highest BCUT2D eigenvalue weighted by Crippen LogP contribution is 2.29. The molecule has 0 spiro atoms. The number of hydrogen-bond donors (Lipinski definition) is 1. The van der Waals surface area contributed by atoms with Crippen molar-refractivity contribution in [2.45, 2.75) is 19.5 Å². The van der Waals surface area contributed by atoms with Gasteiger partial charge in [0.25, 0.3) is 5.56 Å². The number of aryl methyl sites for hydroxylation is 1. The van der Waals surface area contributed by atoms with Gasteiger partial charge in [-0.15, -0.1) is 0 Å². The van der Waals surface area contributed by atoms with E-state index in [1.165, 1.54) is 16.8 Å². The van der Waals surface area contributed by atoms with E-state index in [4.69, 9.17) is 0 Å². The number of alkyl halides is 3. The van der Waals surface area contributed by atoms with Crippen molar-refractivity contribution in [2.75, 3.05) is 0 Å². The third kappa shape index (κ3) is 3.10. The summed E-state index contributed by atoms with van der Waals surface area (Å²) in [6.45, 7) is 1.75. The van der Waals surface area contributed by atoms with Crippen LogP contribution < -0.4 is 5.56 Å². The zero-order chi connectivity index (χ0) is 17.3. The maximum absolute atomic E-state index is 12.6. The number of nitrogens with one attached hydrogen (secondary N) is 1. The molecule has 1 N–H and O–H groups in total. The molecule has 2 heterocycles. The zero-order valence-corrected chi connectivity index (χ0v) is 12.8. The second-order valence-electron chi connectivity index (χ2n) is 5.42. The molecule has 1 aromatic carbocycles. The van der Waals surface area contributed by atoms with Crippen LogP contribution in [0.15, 0.2) is 53.5 Å². The standard InChI is InChI=1S/C17H14F3N3O/c1-11-14(10-12-5-7-13(8-6-12)17(18,19)20)16(24)23(22-11)15-4-2-3-9-21-15/h2-9,22H,10H2,1H3. The summed E-state index contributed by atoms with van der Waals surface area (Å²) < 4.78 is 39.1. The van der Waals surface area contributed by atoms with Gasteiger partial charge in [-0.3, -0.25) is 9.89 Å². The molecule has 3 rings (SSSR count). The molecular formula is C17H14F3N3O. The Morgan fingerprint density at radius 2 is 1.83 bits per heavy atom. The highest BCUT2D eigenvalue weighted by molar-refractivity contribution is 5.32. The summed E-state index contributed by atoms with van der Waals surface area (Å²) in [4.78, 5) is 16.6. The summed E-state index contributed by atoms with van der Waals surface area (Å²) in [5.41, 5.74) is 0.829. The van der Waals surface area contributed by atoms with Gasteiger partial charge >= 0.3 is 6.18 Å². The fraction of sp³-hybridized carbons (Fsp3) is 0.176. The molecule has 0 aliphatic carbocycles. The molecule has 0 saturated carbocycles. The molecule has 0 fully saturated rings. The Kier molecular flexibility index (Phi) is 4.01. The molecule has 124 valence electrons. The molecule has 0 saturated heterocycles. The van der Waals surface area contributed by atoms with E-state index in [0.717, 1.165) is 12.1 Å². The zero-order valence-electron chi connectivity index (χ0n) is 12.8. The van der Waals surface area contributed by atoms with Gasteiger partial charge in [0.2, 0.25) is 0 Å². The van der Waals surface area contributed by atoms with Crippen LogP contribution in [0.4, 0.5) is 13.2 Å². The average Bonchev–Trinajstić information content (AvgIpc) is 2.83. The number of halogens is 3. The summed E-state index contributed by atoms with van der Waals surface area (Å²) in [5, 5.41) is 2.95. The van der Waals surface area contributed by atoms with E-state index in [2.05, 4.69) is 10.1 Å². The monoisotopic (exact) mass is 333 g/mol. The molecule has 4 nitrogen and oxygen atoms in total. The van der Waals surface area contributed by atoms with Gasteiger partial charge in [-0.25, -0.2) is 9.67 Å². The van der Waals surface area contributed by atoms with Crippen molar-refractivity contribution >= 4 is 0 Å². The lowest BCUT2D eigenvalue weighted by atomic mass is 10.0. The number of H-pyrrole nitrogens is 1. The predicted molar refractivity (Wildman–Crippen MR) is 83.2 cm³/mol. The van der Waals surface area contributed by atoms with E-state index in [1.807, 2.05) is 0 Å². The fourth-order valence-corrected chi connectivity index (χ4v) is 2.45. The first-order valence-electron chi connectivity index (χ1n) is 7.24. The maximum atomic E-state index is 12.6. The Labute approximate surface area is 135 Å². The van der Waals surface area contributed by atoms with Crippen molar-refractivity contribution in [3.05, 3.63) is 81.4 Å². The molecule has 3 aromatic rings. The lowest BCUT2D eigenvalue weighted by molar-refractivity contribution is -0.137. The van der Waals surface area contributed by atoms with Crippen molar-refractivity contribution in [2.24, 2.45) is 0 Å². The van der Waals surface area contributed by atoms with E-state index in [-0.39, 0.29) is 12.0 Å². The van der Waals surface area contributed by atoms with Crippen molar-refractivity contribution in [1.82, 2.24) is 14.8 Å². The van der Waals surface area contributed by atoms with E-state index in [1.54, 1.807) is 31.3 Å². The molecule has 0 aliphatic rings. The highest BCUT2D eigenvalue weighted by Gasteiger charge is 2.30. The lowest BCUT2D eigenvalue weighted by Gasteiger charge is -2.07. The van der Waals surface area contributed by atoms with Crippen LogP contribution >= 0.6 is 0 Å². The normalized spacial score (nSPS) is 11.7. The van der Waals surface area contributed by atoms with Gasteiger partial charge in [0, 0.05) is 23.9 Å². The molecule has 0 unspecified atom stereocenters. The molecule has 0 atom stereocenters. The topological polar surface area (TPSA) is 50.7 Å². The Morgan fingerprint density at radius 1 is 1.12 bits per heavy atom. The number of aromatic amines is 1. The molecule has 7 heteroatoms. The molecule has 24 heavy (non-hydrogen) atoms. The molecule has 0 aliphatic heterocycles. The van der Waals surface area contributed by atoms with E-state index in [0.29, 0.717) is 22.6 Å². The first kappa shape index (κ1) is 16.0. The predicted octanol–water partition coefficient (Wildman–Crippen LogP) is 3.48. The molecule has 2 aromatic heterocycles. The summed E-state index contributed by atoms with van der Waals surface area (Å²) in [6, 6.07) is 10.0. The van der Waals surface area contributed by atoms with Crippen molar-refractivity contribution < 1.29 is 13.2 Å². The van der Waals surface area contributed by atoms with Crippen LogP contribution in [0.3, 0.4) is 0 Å². The molecule has 0 radical (unpaired) electrons. The van der Waals surface area contributed by atoms with E-state index >= 15 is 0 Å². The number of pyridine rings is 1. The third-order valence-electron chi connectivity index (χ3n) is 3.73. The van der Waals surface area contributed by atoms with Crippen molar-refractivity contribution in [3.63, 3.8) is 0 Å². The third-order valence-corrected chi connectivity index (χ3v) is 3.73. The molecule has 0 amide bonds. The molecule has 0 bridgehead atoms. The summed E-state index contributed by atoms with van der Waals surface area (Å²) >= 11 is 0. The fourth-order valence-electron chi connectivity index (χ4n) is 2.45. The Hall–Kier alpha value is -2.83. The summed E-state index contributed by atoms with van der Waals surface area (Å²) in [5.74, 6) is 0.462. The summed E-state index contributed by atoms with van der Waals surface area (Å²) in [7, 11) is 0. The second-order valence-corrected chi connectivity index (χ2v) is 5.42. The van der Waals surface area contributed by atoms with Gasteiger partial charge in [0.1, 0.15) is 0 Å². The largest absolute Gasteiger partial charge is 0.416 e. The van der Waals surface area contributed by atoms with Crippen LogP contribution in [0.5, 0.6) is 0 Å². The van der Waals surface area contributed by atoms with Crippen LogP contribution in [-0.4, -0.2) is 14.8 Å². The van der Waals surface area contributed by atoms with Gasteiger partial charge in [0.05, 0.1) is 5.56 Å². The minimum Gasteiger partial charge on any atom is -0.294 e. The number of hydrogen-bond acceptors (Lipinski definition) is 2. The Balaban J connectivity index is 1.91. The minimum atomic E-state index is -4.37. The average molecular weight is 333 g/mol. The van der Waals surface area contributed by atoms with Crippen LogP contribution in [-0.2, 0) is 12.6 Å². The van der Waals surface area contributed by atoms with Gasteiger partial charge in [-0.1, -0.05) is 18.2 Å². The highest BCUT2D eigenvalue weighted by atomic mass is 19.4. The quantitative estimate of drug-likeness (QED) is 0.798. The van der Waals surface area contributed by atoms with Crippen LogP contribution in [0, 0.1) is 6.92 Å². The summed E-state index contributed by atoms with van der Waals surface area (Å²) in [6.07, 6.45) is -2.54. The van der Waals surface area contributed by atoms with Crippen molar-refractivity contribution in [1.29, 1.82) is 0 Å². The number of nitrogens with zero attached hydrogens (tertiary/aromatic N) is 2. The van der Waals surface area contributed by atoms with Crippen LogP contribution in [0.1, 0.15) is 22.4 Å². The SMILES string of the molecule is Cc1[nH]n(-c2ccccn2)c(=O)c1Cc1ccc(C(F)(F)F)cc1. The van der Waals surface area contributed by atoms with Crippen LogP contribution in [0.25, 0.3) is 5.82 Å². The number of rotatable bonds is 3. The van der Waals surface area contributed by atoms with Gasteiger partial charge in [0.15, 0.2) is 5.82 Å². The lowest BCUT2D eigenvalue weighted by Crippen LogP contribution is -2.18. The van der Waals surface area contributed by atoms with E-state index < -0.39 is 11.7 Å². The second kappa shape index (κ2) is 5.99. The van der Waals surface area contributed by atoms with Crippen molar-refractivity contribution in [3.8, 4) is 5.82 Å². The Morgan fingerprint density at radius 3 is 2.42 bits per heavy atom. The maximum Gasteiger partial charge on any atom is 0.416 e.